The molecule has 0 aliphatic carbocycles. The van der Waals surface area contributed by atoms with Gasteiger partial charge >= 0.3 is 0 Å². The smallest absolute Gasteiger partial charge is 0.234 e. The Hall–Kier alpha value is -3.41. The molecule has 0 bridgehead atoms. The number of amides is 1. The van der Waals surface area contributed by atoms with Crippen LogP contribution in [0.4, 0.5) is 15.9 Å². The summed E-state index contributed by atoms with van der Waals surface area (Å²) >= 11 is 12.5. The van der Waals surface area contributed by atoms with E-state index in [0.29, 0.717) is 47.8 Å². The van der Waals surface area contributed by atoms with E-state index < -0.39 is 12.0 Å². The average molecular weight is 511 g/mol. The fraction of sp³-hybridized carbons (Fsp3) is 0.280. The Morgan fingerprint density at radius 3 is 2.43 bits per heavy atom. The number of anilines is 1. The van der Waals surface area contributed by atoms with Crippen LogP contribution in [0.15, 0.2) is 53.5 Å². The van der Waals surface area contributed by atoms with Gasteiger partial charge in [-0.1, -0.05) is 29.3 Å². The third-order valence-corrected chi connectivity index (χ3v) is 7.22. The molecule has 0 saturated carbocycles. The zero-order valence-corrected chi connectivity index (χ0v) is 20.3. The third-order valence-electron chi connectivity index (χ3n) is 6.49. The number of carbonyl (C=O) groups is 1. The van der Waals surface area contributed by atoms with Crippen molar-refractivity contribution in [1.29, 1.82) is 5.26 Å². The quantitative estimate of drug-likeness (QED) is 0.503. The van der Waals surface area contributed by atoms with Crippen LogP contribution in [0.25, 0.3) is 0 Å². The highest BCUT2D eigenvalue weighted by Crippen LogP contribution is 2.39. The van der Waals surface area contributed by atoms with E-state index in [1.165, 1.54) is 12.1 Å². The number of hydrogen-bond acceptors (Lipinski definition) is 5. The molecule has 2 aliphatic rings. The van der Waals surface area contributed by atoms with Crippen LogP contribution >= 0.6 is 23.2 Å². The van der Waals surface area contributed by atoms with Gasteiger partial charge in [0.25, 0.3) is 0 Å². The topological polar surface area (TPSA) is 77.5 Å². The monoisotopic (exact) mass is 510 g/mol. The van der Waals surface area contributed by atoms with Gasteiger partial charge in [-0.2, -0.15) is 10.4 Å². The van der Waals surface area contributed by atoms with Crippen LogP contribution < -0.4 is 4.90 Å². The number of nitrogens with zero attached hydrogens (tertiary/aromatic N) is 6. The van der Waals surface area contributed by atoms with Gasteiger partial charge in [0, 0.05) is 43.6 Å². The molecule has 0 spiro atoms. The van der Waals surface area contributed by atoms with Crippen LogP contribution in [0.5, 0.6) is 0 Å². The molecule has 178 valence electrons. The molecule has 1 saturated heterocycles. The summed E-state index contributed by atoms with van der Waals surface area (Å²) in [6.07, 6.45) is 0. The maximum absolute atomic E-state index is 13.9. The van der Waals surface area contributed by atoms with Crippen LogP contribution in [0.2, 0.25) is 10.0 Å². The number of nitriles is 1. The Bertz CT molecular complexity index is 1360. The lowest BCUT2D eigenvalue weighted by molar-refractivity contribution is -0.134. The molecule has 2 aromatic carbocycles. The fourth-order valence-electron chi connectivity index (χ4n) is 4.72. The number of piperazine rings is 1. The average Bonchev–Trinajstić information content (AvgIpc) is 3.28. The third kappa shape index (κ3) is 4.38. The van der Waals surface area contributed by atoms with Crippen molar-refractivity contribution in [3.05, 3.63) is 75.7 Å². The van der Waals surface area contributed by atoms with Crippen molar-refractivity contribution >= 4 is 46.3 Å². The number of fused-ring (bicyclic) bond motifs is 1. The van der Waals surface area contributed by atoms with E-state index >= 15 is 0 Å². The Morgan fingerprint density at radius 1 is 1.06 bits per heavy atom. The van der Waals surface area contributed by atoms with Gasteiger partial charge in [-0.05, 0) is 48.9 Å². The van der Waals surface area contributed by atoms with Crippen LogP contribution in [0.1, 0.15) is 24.2 Å². The first-order chi connectivity index (χ1) is 16.9. The SMILES string of the molecule is CC1=Nc2cc(C#N)nn2C(c2ccc(Cl)c(Cl)c2)C1C(=O)N1CCN(c2ccc(F)cc2)CC1. The van der Waals surface area contributed by atoms with Crippen molar-refractivity contribution < 1.29 is 9.18 Å². The standard InChI is InChI=1S/C25H21Cl2FN6O/c1-15-23(25(35)33-10-8-32(9-11-33)19-5-3-17(28)4-6-19)24(16-2-7-20(26)21(27)12-16)34-22(30-15)13-18(14-29)31-34/h2-7,12-13,23-24H,8-11H2,1H3. The summed E-state index contributed by atoms with van der Waals surface area (Å²) in [6.45, 7) is 4.12. The maximum atomic E-state index is 13.9. The summed E-state index contributed by atoms with van der Waals surface area (Å²) in [4.78, 5) is 22.5. The van der Waals surface area contributed by atoms with Crippen LogP contribution in [-0.4, -0.2) is 52.5 Å². The number of benzene rings is 2. The minimum absolute atomic E-state index is 0.0688. The number of halogens is 3. The molecule has 1 fully saturated rings. The predicted octanol–water partition coefficient (Wildman–Crippen LogP) is 4.86. The summed E-state index contributed by atoms with van der Waals surface area (Å²) < 4.78 is 14.9. The molecule has 35 heavy (non-hydrogen) atoms. The van der Waals surface area contributed by atoms with Crippen LogP contribution in [0.3, 0.4) is 0 Å². The molecule has 2 unspecified atom stereocenters. The molecule has 0 radical (unpaired) electrons. The number of rotatable bonds is 3. The molecule has 1 aromatic heterocycles. The maximum Gasteiger partial charge on any atom is 0.234 e. The lowest BCUT2D eigenvalue weighted by Crippen LogP contribution is -2.53. The second-order valence-electron chi connectivity index (χ2n) is 8.58. The first-order valence-corrected chi connectivity index (χ1v) is 11.9. The number of aliphatic imine (C=N–C) groups is 1. The van der Waals surface area contributed by atoms with E-state index in [2.05, 4.69) is 21.1 Å². The normalized spacial score (nSPS) is 19.7. The summed E-state index contributed by atoms with van der Waals surface area (Å²) in [5, 5.41) is 14.6. The predicted molar refractivity (Wildman–Crippen MR) is 133 cm³/mol. The lowest BCUT2D eigenvalue weighted by atomic mass is 9.87. The molecule has 7 nitrogen and oxygen atoms in total. The molecule has 10 heteroatoms. The molecular weight excluding hydrogens is 490 g/mol. The van der Waals surface area contributed by atoms with Crippen molar-refractivity contribution in [2.45, 2.75) is 13.0 Å². The van der Waals surface area contributed by atoms with E-state index in [-0.39, 0.29) is 17.4 Å². The summed E-state index contributed by atoms with van der Waals surface area (Å²) in [5.74, 6) is -0.454. The Balaban J connectivity index is 1.45. The minimum atomic E-state index is -0.622. The van der Waals surface area contributed by atoms with E-state index in [1.54, 1.807) is 35.0 Å². The highest BCUT2D eigenvalue weighted by atomic mass is 35.5. The van der Waals surface area contributed by atoms with Gasteiger partial charge in [-0.25, -0.2) is 14.1 Å². The second kappa shape index (κ2) is 9.33. The summed E-state index contributed by atoms with van der Waals surface area (Å²) in [5.41, 5.74) is 2.55. The lowest BCUT2D eigenvalue weighted by Gasteiger charge is -2.40. The largest absolute Gasteiger partial charge is 0.368 e. The number of carbonyl (C=O) groups excluding carboxylic acids is 1. The minimum Gasteiger partial charge on any atom is -0.368 e. The van der Waals surface area contributed by atoms with Crippen molar-refractivity contribution in [2.24, 2.45) is 10.9 Å². The van der Waals surface area contributed by atoms with E-state index in [9.17, 15) is 14.4 Å². The molecule has 0 N–H and O–H groups in total. The van der Waals surface area contributed by atoms with Crippen molar-refractivity contribution in [3.63, 3.8) is 0 Å². The van der Waals surface area contributed by atoms with Crippen LogP contribution in [-0.2, 0) is 4.79 Å². The number of hydrogen-bond donors (Lipinski definition) is 0. The van der Waals surface area contributed by atoms with Gasteiger partial charge in [0.1, 0.15) is 17.8 Å². The molecule has 2 aliphatic heterocycles. The Morgan fingerprint density at radius 2 is 1.77 bits per heavy atom. The molecule has 3 aromatic rings. The van der Waals surface area contributed by atoms with E-state index in [0.717, 1.165) is 11.3 Å². The highest BCUT2D eigenvalue weighted by molar-refractivity contribution is 6.42. The Kier molecular flexibility index (Phi) is 6.22. The fourth-order valence-corrected chi connectivity index (χ4v) is 5.03. The highest BCUT2D eigenvalue weighted by Gasteiger charge is 2.41. The van der Waals surface area contributed by atoms with Crippen molar-refractivity contribution in [1.82, 2.24) is 14.7 Å². The first kappa shape index (κ1) is 23.3. The summed E-state index contributed by atoms with van der Waals surface area (Å²) in [6, 6.07) is 14.7. The zero-order valence-electron chi connectivity index (χ0n) is 18.8. The van der Waals surface area contributed by atoms with Gasteiger partial charge in [-0.15, -0.1) is 0 Å². The summed E-state index contributed by atoms with van der Waals surface area (Å²) in [7, 11) is 0. The zero-order chi connectivity index (χ0) is 24.7. The molecular formula is C25H21Cl2FN6O. The molecule has 1 amide bonds. The van der Waals surface area contributed by atoms with Crippen LogP contribution in [0, 0.1) is 23.1 Å². The van der Waals surface area contributed by atoms with Gasteiger partial charge < -0.3 is 9.80 Å². The first-order valence-electron chi connectivity index (χ1n) is 11.1. The van der Waals surface area contributed by atoms with Gasteiger partial charge in [0.15, 0.2) is 11.5 Å². The van der Waals surface area contributed by atoms with E-state index in [1.807, 2.05) is 17.9 Å². The van der Waals surface area contributed by atoms with Gasteiger partial charge in [0.05, 0.1) is 16.1 Å². The van der Waals surface area contributed by atoms with Gasteiger partial charge in [-0.3, -0.25) is 4.79 Å². The van der Waals surface area contributed by atoms with Crippen molar-refractivity contribution in [3.8, 4) is 6.07 Å². The number of aromatic nitrogens is 2. The molecule has 2 atom stereocenters. The Labute approximate surface area is 212 Å². The second-order valence-corrected chi connectivity index (χ2v) is 9.40. The van der Waals surface area contributed by atoms with Crippen molar-refractivity contribution in [2.75, 3.05) is 31.1 Å². The molecule has 5 rings (SSSR count). The van der Waals surface area contributed by atoms with E-state index in [4.69, 9.17) is 23.2 Å². The molecule has 3 heterocycles. The van der Waals surface area contributed by atoms with Gasteiger partial charge in [0.2, 0.25) is 5.91 Å².